The van der Waals surface area contributed by atoms with Gasteiger partial charge in [0.1, 0.15) is 5.52 Å². The van der Waals surface area contributed by atoms with Crippen LogP contribution < -0.4 is 5.32 Å². The van der Waals surface area contributed by atoms with E-state index in [1.54, 1.807) is 0 Å². The zero-order chi connectivity index (χ0) is 15.7. The number of fused-ring (bicyclic) bond motifs is 1. The maximum Gasteiger partial charge on any atom is 0.227 e. The first-order chi connectivity index (χ1) is 10.5. The molecule has 112 valence electrons. The van der Waals surface area contributed by atoms with Crippen molar-refractivity contribution >= 4 is 22.7 Å². The largest absolute Gasteiger partial charge is 0.436 e. The minimum Gasteiger partial charge on any atom is -0.436 e. The topological polar surface area (TPSA) is 55.1 Å². The SMILES string of the molecule is Cc1ccc2oc(-c3ccc(NC(=O)C(C)C)cc3)nc2c1. The van der Waals surface area contributed by atoms with Crippen molar-refractivity contribution in [1.29, 1.82) is 0 Å². The molecule has 0 fully saturated rings. The first-order valence-electron chi connectivity index (χ1n) is 7.31. The van der Waals surface area contributed by atoms with Crippen LogP contribution in [0.25, 0.3) is 22.6 Å². The molecule has 4 nitrogen and oxygen atoms in total. The normalized spacial score (nSPS) is 11.1. The third kappa shape index (κ3) is 2.86. The van der Waals surface area contributed by atoms with Crippen molar-refractivity contribution in [3.8, 4) is 11.5 Å². The van der Waals surface area contributed by atoms with Crippen molar-refractivity contribution in [2.45, 2.75) is 20.8 Å². The van der Waals surface area contributed by atoms with Crippen LogP contribution in [0, 0.1) is 12.8 Å². The zero-order valence-electron chi connectivity index (χ0n) is 12.9. The average Bonchev–Trinajstić information content (AvgIpc) is 2.90. The first kappa shape index (κ1) is 14.3. The standard InChI is InChI=1S/C18H18N2O2/c1-11(2)17(21)19-14-7-5-13(6-8-14)18-20-15-10-12(3)4-9-16(15)22-18/h4-11H,1-3H3,(H,19,21). The summed E-state index contributed by atoms with van der Waals surface area (Å²) in [6.45, 7) is 5.76. The Morgan fingerprint density at radius 3 is 2.55 bits per heavy atom. The van der Waals surface area contributed by atoms with E-state index in [1.807, 2.05) is 63.2 Å². The molecule has 1 amide bonds. The number of nitrogens with zero attached hydrogens (tertiary/aromatic N) is 1. The highest BCUT2D eigenvalue weighted by molar-refractivity contribution is 5.92. The maximum absolute atomic E-state index is 11.7. The van der Waals surface area contributed by atoms with Crippen LogP contribution in [0.5, 0.6) is 0 Å². The highest BCUT2D eigenvalue weighted by atomic mass is 16.3. The summed E-state index contributed by atoms with van der Waals surface area (Å²) in [5.41, 5.74) is 4.44. The Kier molecular flexibility index (Phi) is 3.67. The number of oxazole rings is 1. The van der Waals surface area contributed by atoms with Crippen LogP contribution in [0.1, 0.15) is 19.4 Å². The van der Waals surface area contributed by atoms with E-state index in [2.05, 4.69) is 10.3 Å². The van der Waals surface area contributed by atoms with Crippen LogP contribution in [-0.2, 0) is 4.79 Å². The molecule has 1 heterocycles. The van der Waals surface area contributed by atoms with Crippen molar-refractivity contribution in [1.82, 2.24) is 4.98 Å². The van der Waals surface area contributed by atoms with Gasteiger partial charge in [-0.1, -0.05) is 19.9 Å². The molecule has 3 aromatic rings. The van der Waals surface area contributed by atoms with E-state index >= 15 is 0 Å². The van der Waals surface area contributed by atoms with Crippen LogP contribution in [0.15, 0.2) is 46.9 Å². The summed E-state index contributed by atoms with van der Waals surface area (Å²) in [4.78, 5) is 16.2. The Morgan fingerprint density at radius 2 is 1.86 bits per heavy atom. The van der Waals surface area contributed by atoms with Gasteiger partial charge in [0.15, 0.2) is 5.58 Å². The van der Waals surface area contributed by atoms with Gasteiger partial charge in [-0.05, 0) is 48.9 Å². The summed E-state index contributed by atoms with van der Waals surface area (Å²) in [6, 6.07) is 13.4. The van der Waals surface area contributed by atoms with Gasteiger partial charge in [-0.15, -0.1) is 0 Å². The first-order valence-corrected chi connectivity index (χ1v) is 7.31. The molecule has 1 N–H and O–H groups in total. The van der Waals surface area contributed by atoms with Crippen LogP contribution >= 0.6 is 0 Å². The lowest BCUT2D eigenvalue weighted by Gasteiger charge is -2.07. The lowest BCUT2D eigenvalue weighted by molar-refractivity contribution is -0.118. The molecule has 4 heteroatoms. The third-order valence-corrected chi connectivity index (χ3v) is 3.47. The van der Waals surface area contributed by atoms with Crippen LogP contribution in [0.4, 0.5) is 5.69 Å². The summed E-state index contributed by atoms with van der Waals surface area (Å²) in [5, 5.41) is 2.86. The molecule has 1 aromatic heterocycles. The number of aromatic nitrogens is 1. The van der Waals surface area contributed by atoms with Gasteiger partial charge >= 0.3 is 0 Å². The molecule has 0 saturated heterocycles. The van der Waals surface area contributed by atoms with Gasteiger partial charge in [0, 0.05) is 17.2 Å². The lowest BCUT2D eigenvalue weighted by atomic mass is 10.1. The number of carbonyl (C=O) groups is 1. The zero-order valence-corrected chi connectivity index (χ0v) is 12.9. The van der Waals surface area contributed by atoms with E-state index in [0.29, 0.717) is 5.89 Å². The van der Waals surface area contributed by atoms with Crippen molar-refractivity contribution in [2.24, 2.45) is 5.92 Å². The van der Waals surface area contributed by atoms with Gasteiger partial charge in [-0.2, -0.15) is 0 Å². The number of anilines is 1. The van der Waals surface area contributed by atoms with E-state index in [-0.39, 0.29) is 11.8 Å². The fourth-order valence-electron chi connectivity index (χ4n) is 2.14. The van der Waals surface area contributed by atoms with Crippen molar-refractivity contribution in [2.75, 3.05) is 5.32 Å². The maximum atomic E-state index is 11.7. The molecule has 0 unspecified atom stereocenters. The van der Waals surface area contributed by atoms with Crippen molar-refractivity contribution in [3.05, 3.63) is 48.0 Å². The Morgan fingerprint density at radius 1 is 1.14 bits per heavy atom. The van der Waals surface area contributed by atoms with Crippen molar-refractivity contribution in [3.63, 3.8) is 0 Å². The van der Waals surface area contributed by atoms with Crippen molar-refractivity contribution < 1.29 is 9.21 Å². The van der Waals surface area contributed by atoms with E-state index in [4.69, 9.17) is 4.42 Å². The van der Waals surface area contributed by atoms with Crippen LogP contribution in [0.3, 0.4) is 0 Å². The Labute approximate surface area is 129 Å². The number of amides is 1. The molecule has 22 heavy (non-hydrogen) atoms. The van der Waals surface area contributed by atoms with E-state index in [1.165, 1.54) is 0 Å². The van der Waals surface area contributed by atoms with Gasteiger partial charge in [0.05, 0.1) is 0 Å². The molecule has 0 bridgehead atoms. The molecule has 0 atom stereocenters. The Balaban J connectivity index is 1.86. The second kappa shape index (κ2) is 5.64. The predicted octanol–water partition coefficient (Wildman–Crippen LogP) is 4.40. The van der Waals surface area contributed by atoms with Gasteiger partial charge in [-0.3, -0.25) is 4.79 Å². The summed E-state index contributed by atoms with van der Waals surface area (Å²) >= 11 is 0. The molecule has 0 aliphatic rings. The predicted molar refractivity (Wildman–Crippen MR) is 87.6 cm³/mol. The molecule has 0 spiro atoms. The molecule has 0 aliphatic carbocycles. The fourth-order valence-corrected chi connectivity index (χ4v) is 2.14. The van der Waals surface area contributed by atoms with Gasteiger partial charge < -0.3 is 9.73 Å². The second-order valence-electron chi connectivity index (χ2n) is 5.71. The minimum atomic E-state index is -0.0417. The third-order valence-electron chi connectivity index (χ3n) is 3.47. The monoisotopic (exact) mass is 294 g/mol. The molecular formula is C18H18N2O2. The molecule has 2 aromatic carbocycles. The summed E-state index contributed by atoms with van der Waals surface area (Å²) < 4.78 is 5.77. The smallest absolute Gasteiger partial charge is 0.227 e. The average molecular weight is 294 g/mol. The minimum absolute atomic E-state index is 0.00471. The van der Waals surface area contributed by atoms with Crippen LogP contribution in [-0.4, -0.2) is 10.9 Å². The molecular weight excluding hydrogens is 276 g/mol. The number of aryl methyl sites for hydroxylation is 1. The molecule has 3 rings (SSSR count). The number of nitrogens with one attached hydrogen (secondary N) is 1. The molecule has 0 aliphatic heterocycles. The van der Waals surface area contributed by atoms with E-state index in [0.717, 1.165) is 27.9 Å². The number of rotatable bonds is 3. The van der Waals surface area contributed by atoms with Gasteiger partial charge in [0.2, 0.25) is 11.8 Å². The molecule has 0 radical (unpaired) electrons. The quantitative estimate of drug-likeness (QED) is 0.779. The fraction of sp³-hybridized carbons (Fsp3) is 0.222. The second-order valence-corrected chi connectivity index (χ2v) is 5.71. The van der Waals surface area contributed by atoms with E-state index in [9.17, 15) is 4.79 Å². The van der Waals surface area contributed by atoms with Gasteiger partial charge in [0.25, 0.3) is 0 Å². The lowest BCUT2D eigenvalue weighted by Crippen LogP contribution is -2.17. The highest BCUT2D eigenvalue weighted by Crippen LogP contribution is 2.26. The van der Waals surface area contributed by atoms with Crippen LogP contribution in [0.2, 0.25) is 0 Å². The highest BCUT2D eigenvalue weighted by Gasteiger charge is 2.10. The Hall–Kier alpha value is -2.62. The summed E-state index contributed by atoms with van der Waals surface area (Å²) in [6.07, 6.45) is 0. The number of hydrogen-bond donors (Lipinski definition) is 1. The molecule has 0 saturated carbocycles. The van der Waals surface area contributed by atoms with E-state index < -0.39 is 0 Å². The number of carbonyl (C=O) groups excluding carboxylic acids is 1. The Bertz CT molecular complexity index is 817. The number of hydrogen-bond acceptors (Lipinski definition) is 3. The summed E-state index contributed by atoms with van der Waals surface area (Å²) in [7, 11) is 0. The summed E-state index contributed by atoms with van der Waals surface area (Å²) in [5.74, 6) is 0.548. The number of benzene rings is 2. The van der Waals surface area contributed by atoms with Gasteiger partial charge in [-0.25, -0.2) is 4.98 Å².